The van der Waals surface area contributed by atoms with Crippen LogP contribution < -0.4 is 10.1 Å². The first-order valence-electron chi connectivity index (χ1n) is 8.83. The van der Waals surface area contributed by atoms with Crippen LogP contribution in [0.5, 0.6) is 5.75 Å². The van der Waals surface area contributed by atoms with E-state index in [2.05, 4.69) is 10.3 Å². The molecule has 3 rings (SSSR count). The predicted molar refractivity (Wildman–Crippen MR) is 110 cm³/mol. The lowest BCUT2D eigenvalue weighted by atomic mass is 10.1. The number of hydrogen-bond donors (Lipinski definition) is 1. The number of carbonyl (C=O) groups excluding carboxylic acids is 1. The smallest absolute Gasteiger partial charge is 0.265 e. The number of aryl methyl sites for hydroxylation is 1. The van der Waals surface area contributed by atoms with E-state index in [1.807, 2.05) is 85.8 Å². The van der Waals surface area contributed by atoms with Crippen molar-refractivity contribution in [2.75, 3.05) is 5.32 Å². The number of nitrogens with zero attached hydrogens (tertiary/aromatic N) is 1. The first-order valence-corrected chi connectivity index (χ1v) is 8.83. The Labute approximate surface area is 159 Å². The topological polar surface area (TPSA) is 51.2 Å². The van der Waals surface area contributed by atoms with Crippen LogP contribution in [0.1, 0.15) is 23.7 Å². The van der Waals surface area contributed by atoms with Crippen molar-refractivity contribution >= 4 is 23.7 Å². The zero-order valence-electron chi connectivity index (χ0n) is 15.4. The zero-order chi connectivity index (χ0) is 19.1. The van der Waals surface area contributed by atoms with Crippen LogP contribution in [0.4, 0.5) is 5.69 Å². The second kappa shape index (κ2) is 8.81. The number of carbonyl (C=O) groups is 1. The van der Waals surface area contributed by atoms with E-state index in [1.165, 1.54) is 0 Å². The van der Waals surface area contributed by atoms with Gasteiger partial charge in [0.05, 0.1) is 5.69 Å². The van der Waals surface area contributed by atoms with Gasteiger partial charge in [-0.25, -0.2) is 0 Å². The second-order valence-corrected chi connectivity index (χ2v) is 6.28. The molecule has 0 bridgehead atoms. The minimum absolute atomic E-state index is 0.192. The molecule has 0 saturated carbocycles. The molecule has 2 aromatic carbocycles. The van der Waals surface area contributed by atoms with Crippen LogP contribution in [0, 0.1) is 6.92 Å². The van der Waals surface area contributed by atoms with Gasteiger partial charge >= 0.3 is 0 Å². The van der Waals surface area contributed by atoms with Crippen LogP contribution in [0.15, 0.2) is 72.9 Å². The number of pyridine rings is 1. The van der Waals surface area contributed by atoms with Gasteiger partial charge in [-0.3, -0.25) is 9.78 Å². The molecule has 3 aromatic rings. The van der Waals surface area contributed by atoms with E-state index in [0.29, 0.717) is 5.75 Å². The lowest BCUT2D eigenvalue weighted by Crippen LogP contribution is -2.30. The van der Waals surface area contributed by atoms with Gasteiger partial charge in [0.2, 0.25) is 0 Å². The van der Waals surface area contributed by atoms with E-state index in [9.17, 15) is 4.79 Å². The van der Waals surface area contributed by atoms with Crippen LogP contribution in [-0.4, -0.2) is 17.0 Å². The number of amides is 1. The number of hydrogen-bond acceptors (Lipinski definition) is 3. The maximum absolute atomic E-state index is 12.4. The van der Waals surface area contributed by atoms with Crippen molar-refractivity contribution < 1.29 is 9.53 Å². The minimum atomic E-state index is -0.598. The van der Waals surface area contributed by atoms with E-state index in [4.69, 9.17) is 4.74 Å². The molecule has 1 N–H and O–H groups in total. The Morgan fingerprint density at radius 3 is 2.67 bits per heavy atom. The van der Waals surface area contributed by atoms with Crippen molar-refractivity contribution in [1.29, 1.82) is 0 Å². The van der Waals surface area contributed by atoms with Crippen molar-refractivity contribution in [3.05, 3.63) is 89.7 Å². The van der Waals surface area contributed by atoms with E-state index >= 15 is 0 Å². The summed E-state index contributed by atoms with van der Waals surface area (Å²) < 4.78 is 5.73. The first-order chi connectivity index (χ1) is 13.1. The molecule has 1 heterocycles. The number of aromatic nitrogens is 1. The SMILES string of the molecule is Cc1cccc(O[C@@H](C)C(=O)Nc2cccc(/C=C/c3ccccn3)c2)c1. The summed E-state index contributed by atoms with van der Waals surface area (Å²) in [4.78, 5) is 16.7. The number of rotatable bonds is 6. The van der Waals surface area contributed by atoms with E-state index in [0.717, 1.165) is 22.5 Å². The summed E-state index contributed by atoms with van der Waals surface area (Å²) in [6.07, 6.45) is 5.06. The lowest BCUT2D eigenvalue weighted by molar-refractivity contribution is -0.122. The molecule has 0 saturated heterocycles. The first kappa shape index (κ1) is 18.4. The average Bonchev–Trinajstić information content (AvgIpc) is 2.67. The Hall–Kier alpha value is -3.40. The number of nitrogens with one attached hydrogen (secondary N) is 1. The molecular weight excluding hydrogens is 336 g/mol. The third-order valence-corrected chi connectivity index (χ3v) is 3.96. The Kier molecular flexibility index (Phi) is 6.00. The largest absolute Gasteiger partial charge is 0.481 e. The fraction of sp³-hybridized carbons (Fsp3) is 0.130. The standard InChI is InChI=1S/C23H22N2O2/c1-17-7-5-11-22(15-17)27-18(2)23(26)25-21-10-6-8-19(16-21)12-13-20-9-3-4-14-24-20/h3-16,18H,1-2H3,(H,25,26)/b13-12+/t18-/m0/s1. The molecule has 0 spiro atoms. The molecule has 4 heteroatoms. The molecule has 4 nitrogen and oxygen atoms in total. The van der Waals surface area contributed by atoms with Crippen molar-refractivity contribution in [2.24, 2.45) is 0 Å². The van der Waals surface area contributed by atoms with Crippen LogP contribution >= 0.6 is 0 Å². The van der Waals surface area contributed by atoms with Crippen LogP contribution in [-0.2, 0) is 4.79 Å². The van der Waals surface area contributed by atoms with Gasteiger partial charge in [-0.05, 0) is 67.4 Å². The van der Waals surface area contributed by atoms with Crippen molar-refractivity contribution in [2.45, 2.75) is 20.0 Å². The van der Waals surface area contributed by atoms with Crippen LogP contribution in [0.2, 0.25) is 0 Å². The highest BCUT2D eigenvalue weighted by Crippen LogP contribution is 2.17. The molecular formula is C23H22N2O2. The van der Waals surface area contributed by atoms with Crippen LogP contribution in [0.3, 0.4) is 0 Å². The summed E-state index contributed by atoms with van der Waals surface area (Å²) in [5, 5.41) is 2.90. The van der Waals surface area contributed by atoms with Crippen molar-refractivity contribution in [3.63, 3.8) is 0 Å². The van der Waals surface area contributed by atoms with Gasteiger partial charge in [0.25, 0.3) is 5.91 Å². The third-order valence-electron chi connectivity index (χ3n) is 3.96. The summed E-state index contributed by atoms with van der Waals surface area (Å²) in [5.41, 5.74) is 3.67. The molecule has 0 aliphatic rings. The maximum atomic E-state index is 12.4. The highest BCUT2D eigenvalue weighted by molar-refractivity contribution is 5.94. The lowest BCUT2D eigenvalue weighted by Gasteiger charge is -2.15. The fourth-order valence-corrected chi connectivity index (χ4v) is 2.57. The van der Waals surface area contributed by atoms with Crippen molar-refractivity contribution in [1.82, 2.24) is 4.98 Å². The monoisotopic (exact) mass is 358 g/mol. The molecule has 1 aromatic heterocycles. The average molecular weight is 358 g/mol. The fourth-order valence-electron chi connectivity index (χ4n) is 2.57. The number of benzene rings is 2. The molecule has 0 aliphatic heterocycles. The second-order valence-electron chi connectivity index (χ2n) is 6.28. The van der Waals surface area contributed by atoms with Crippen molar-refractivity contribution in [3.8, 4) is 5.75 Å². The molecule has 0 radical (unpaired) electrons. The summed E-state index contributed by atoms with van der Waals surface area (Å²) in [7, 11) is 0. The Balaban J connectivity index is 1.63. The number of anilines is 1. The molecule has 0 aliphatic carbocycles. The van der Waals surface area contributed by atoms with Gasteiger partial charge in [0.1, 0.15) is 5.75 Å². The van der Waals surface area contributed by atoms with Gasteiger partial charge in [-0.2, -0.15) is 0 Å². The van der Waals surface area contributed by atoms with Gasteiger partial charge in [0.15, 0.2) is 6.10 Å². The Bertz CT molecular complexity index is 936. The van der Waals surface area contributed by atoms with Crippen LogP contribution in [0.25, 0.3) is 12.2 Å². The Morgan fingerprint density at radius 1 is 1.04 bits per heavy atom. The van der Waals surface area contributed by atoms with E-state index in [-0.39, 0.29) is 5.91 Å². The number of ether oxygens (including phenoxy) is 1. The quantitative estimate of drug-likeness (QED) is 0.677. The van der Waals surface area contributed by atoms with E-state index < -0.39 is 6.10 Å². The van der Waals surface area contributed by atoms with Gasteiger partial charge in [0, 0.05) is 11.9 Å². The Morgan fingerprint density at radius 2 is 1.89 bits per heavy atom. The molecule has 136 valence electrons. The molecule has 1 atom stereocenters. The summed E-state index contributed by atoms with van der Waals surface area (Å²) in [5.74, 6) is 0.493. The van der Waals surface area contributed by atoms with E-state index in [1.54, 1.807) is 13.1 Å². The highest BCUT2D eigenvalue weighted by atomic mass is 16.5. The maximum Gasteiger partial charge on any atom is 0.265 e. The molecule has 0 unspecified atom stereocenters. The van der Waals surface area contributed by atoms with Gasteiger partial charge < -0.3 is 10.1 Å². The molecule has 0 fully saturated rings. The minimum Gasteiger partial charge on any atom is -0.481 e. The highest BCUT2D eigenvalue weighted by Gasteiger charge is 2.15. The third kappa shape index (κ3) is 5.54. The summed E-state index contributed by atoms with van der Waals surface area (Å²) >= 11 is 0. The van der Waals surface area contributed by atoms with Gasteiger partial charge in [-0.1, -0.05) is 36.4 Å². The summed E-state index contributed by atoms with van der Waals surface area (Å²) in [6, 6.07) is 21.1. The zero-order valence-corrected chi connectivity index (χ0v) is 15.4. The normalized spacial score (nSPS) is 11.9. The molecule has 27 heavy (non-hydrogen) atoms. The molecule has 1 amide bonds. The summed E-state index contributed by atoms with van der Waals surface area (Å²) in [6.45, 7) is 3.73. The predicted octanol–water partition coefficient (Wildman–Crippen LogP) is 4.97. The van der Waals surface area contributed by atoms with Gasteiger partial charge in [-0.15, -0.1) is 0 Å².